The lowest BCUT2D eigenvalue weighted by molar-refractivity contribution is -0.136. The third-order valence-corrected chi connectivity index (χ3v) is 6.93. The molecule has 8 nitrogen and oxygen atoms in total. The molecular weight excluding hydrogens is 372 g/mol. The topological polar surface area (TPSA) is 114 Å². The highest BCUT2D eigenvalue weighted by Gasteiger charge is 2.50. The lowest BCUT2D eigenvalue weighted by Crippen LogP contribution is -2.52. The van der Waals surface area contributed by atoms with E-state index in [2.05, 4.69) is 10.6 Å². The number of piperidine rings is 1. The second-order valence-electron chi connectivity index (χ2n) is 8.75. The molecule has 2 bridgehead atoms. The van der Waals surface area contributed by atoms with Crippen molar-refractivity contribution in [1.82, 2.24) is 15.5 Å². The molecule has 1 unspecified atom stereocenters. The number of hydrogen-bond donors (Lipinski definition) is 3. The molecule has 154 valence electrons. The zero-order valence-electron chi connectivity index (χ0n) is 16.3. The quantitative estimate of drug-likeness (QED) is 0.604. The number of amides is 3. The molecule has 3 fully saturated rings. The molecule has 8 heteroatoms. The molecule has 29 heavy (non-hydrogen) atoms. The molecule has 3 heterocycles. The minimum atomic E-state index is -0.573. The van der Waals surface area contributed by atoms with E-state index in [4.69, 9.17) is 10.5 Å². The highest BCUT2D eigenvalue weighted by atomic mass is 16.5. The molecule has 0 radical (unpaired) electrons. The van der Waals surface area contributed by atoms with Crippen LogP contribution in [-0.4, -0.2) is 53.5 Å². The number of rotatable bonds is 5. The highest BCUT2D eigenvalue weighted by molar-refractivity contribution is 6.05. The zero-order chi connectivity index (χ0) is 20.2. The Bertz CT molecular complexity index is 887. The van der Waals surface area contributed by atoms with Crippen molar-refractivity contribution in [3.05, 3.63) is 34.9 Å². The fourth-order valence-corrected chi connectivity index (χ4v) is 5.27. The summed E-state index contributed by atoms with van der Waals surface area (Å²) < 4.78 is 5.86. The summed E-state index contributed by atoms with van der Waals surface area (Å²) in [7, 11) is 0. The van der Waals surface area contributed by atoms with Crippen molar-refractivity contribution in [2.24, 2.45) is 11.7 Å². The molecule has 4 aliphatic rings. The molecule has 1 aromatic carbocycles. The van der Waals surface area contributed by atoms with E-state index < -0.39 is 6.04 Å². The van der Waals surface area contributed by atoms with Gasteiger partial charge in [-0.15, -0.1) is 0 Å². The number of nitrogens with one attached hydrogen (secondary N) is 2. The number of ether oxygens (including phenoxy) is 1. The van der Waals surface area contributed by atoms with E-state index in [0.717, 1.165) is 30.6 Å². The Kier molecular flexibility index (Phi) is 4.45. The predicted molar refractivity (Wildman–Crippen MR) is 104 cm³/mol. The predicted octanol–water partition coefficient (Wildman–Crippen LogP) is 0.0435. The van der Waals surface area contributed by atoms with Crippen LogP contribution in [0, 0.1) is 5.92 Å². The number of carbonyl (C=O) groups is 3. The fraction of sp³-hybridized carbons (Fsp3) is 0.571. The van der Waals surface area contributed by atoms with Gasteiger partial charge in [0.15, 0.2) is 0 Å². The first-order valence-corrected chi connectivity index (χ1v) is 10.3. The number of carbonyl (C=O) groups excluding carboxylic acids is 3. The van der Waals surface area contributed by atoms with Crippen molar-refractivity contribution in [1.29, 1.82) is 0 Å². The third-order valence-electron chi connectivity index (χ3n) is 6.93. The van der Waals surface area contributed by atoms with Crippen molar-refractivity contribution in [2.75, 3.05) is 13.2 Å². The summed E-state index contributed by atoms with van der Waals surface area (Å²) in [4.78, 5) is 38.1. The molecule has 4 atom stereocenters. The summed E-state index contributed by atoms with van der Waals surface area (Å²) in [5.74, 6) is -0.285. The lowest BCUT2D eigenvalue weighted by Gasteiger charge is -2.29. The van der Waals surface area contributed by atoms with Gasteiger partial charge in [-0.25, -0.2) is 0 Å². The molecule has 1 aliphatic carbocycles. The summed E-state index contributed by atoms with van der Waals surface area (Å²) in [5.41, 5.74) is 8.38. The molecule has 0 aromatic heterocycles. The summed E-state index contributed by atoms with van der Waals surface area (Å²) >= 11 is 0. The van der Waals surface area contributed by atoms with E-state index >= 15 is 0 Å². The van der Waals surface area contributed by atoms with Crippen LogP contribution in [0.4, 0.5) is 0 Å². The van der Waals surface area contributed by atoms with E-state index in [1.165, 1.54) is 0 Å². The third kappa shape index (κ3) is 3.15. The van der Waals surface area contributed by atoms with Gasteiger partial charge in [-0.05, 0) is 36.5 Å². The average Bonchev–Trinajstić information content (AvgIpc) is 3.39. The number of hydrogen-bond acceptors (Lipinski definition) is 6. The fourth-order valence-electron chi connectivity index (χ4n) is 5.27. The molecule has 3 amide bonds. The van der Waals surface area contributed by atoms with Gasteiger partial charge in [0, 0.05) is 43.6 Å². The Labute approximate surface area is 169 Å². The SMILES string of the molecule is NC[C@@]12C[C@H](CO1)[C@@H](NCc1ccc3c(c1)C(=O)N(C1CCC(=O)NC1=O)C3)C2. The standard InChI is InChI=1S/C21H26N4O4/c22-11-21-6-14(10-29-21)16(7-21)23-8-12-1-2-13-9-25(20(28)15(13)5-12)17-3-4-18(26)24-19(17)27/h1-2,5,14,16-17,23H,3-4,6-11,22H2,(H,24,26,27)/t14-,16+,17?,21+/m1/s1. The second-order valence-corrected chi connectivity index (χ2v) is 8.75. The van der Waals surface area contributed by atoms with Crippen molar-refractivity contribution < 1.29 is 19.1 Å². The molecule has 3 aliphatic heterocycles. The lowest BCUT2D eigenvalue weighted by atomic mass is 10.0. The van der Waals surface area contributed by atoms with Crippen LogP contribution >= 0.6 is 0 Å². The summed E-state index contributed by atoms with van der Waals surface area (Å²) in [5, 5.41) is 5.96. The maximum atomic E-state index is 12.9. The summed E-state index contributed by atoms with van der Waals surface area (Å²) in [6.45, 7) is 2.42. The van der Waals surface area contributed by atoms with Gasteiger partial charge in [0.05, 0.1) is 12.2 Å². The minimum Gasteiger partial charge on any atom is -0.373 e. The first-order valence-electron chi connectivity index (χ1n) is 10.3. The van der Waals surface area contributed by atoms with Crippen LogP contribution in [0.25, 0.3) is 0 Å². The molecule has 0 spiro atoms. The van der Waals surface area contributed by atoms with Gasteiger partial charge >= 0.3 is 0 Å². The van der Waals surface area contributed by atoms with Gasteiger partial charge < -0.3 is 20.7 Å². The number of nitrogens with zero attached hydrogens (tertiary/aromatic N) is 1. The van der Waals surface area contributed by atoms with Gasteiger partial charge in [-0.1, -0.05) is 12.1 Å². The molecule has 4 N–H and O–H groups in total. The Morgan fingerprint density at radius 1 is 1.28 bits per heavy atom. The summed E-state index contributed by atoms with van der Waals surface area (Å²) in [6, 6.07) is 5.75. The van der Waals surface area contributed by atoms with E-state index in [1.54, 1.807) is 4.90 Å². The van der Waals surface area contributed by atoms with Crippen molar-refractivity contribution in [2.45, 2.75) is 56.5 Å². The van der Waals surface area contributed by atoms with Crippen molar-refractivity contribution in [3.63, 3.8) is 0 Å². The van der Waals surface area contributed by atoms with Crippen LogP contribution in [-0.2, 0) is 27.4 Å². The highest BCUT2D eigenvalue weighted by Crippen LogP contribution is 2.43. The van der Waals surface area contributed by atoms with Crippen molar-refractivity contribution >= 4 is 17.7 Å². The molecule has 1 aromatic rings. The normalized spacial score (nSPS) is 33.3. The Balaban J connectivity index is 1.25. The van der Waals surface area contributed by atoms with E-state index in [-0.39, 0.29) is 29.7 Å². The van der Waals surface area contributed by atoms with Gasteiger partial charge in [0.25, 0.3) is 5.91 Å². The average molecular weight is 398 g/mol. The Morgan fingerprint density at radius 3 is 2.90 bits per heavy atom. The number of benzene rings is 1. The molecule has 5 rings (SSSR count). The van der Waals surface area contributed by atoms with Crippen LogP contribution in [0.5, 0.6) is 0 Å². The van der Waals surface area contributed by atoms with E-state index in [0.29, 0.717) is 43.6 Å². The van der Waals surface area contributed by atoms with Crippen molar-refractivity contribution in [3.8, 4) is 0 Å². The number of nitrogens with two attached hydrogens (primary N) is 1. The molecular formula is C21H26N4O4. The van der Waals surface area contributed by atoms with Gasteiger partial charge in [0.2, 0.25) is 11.8 Å². The first-order chi connectivity index (χ1) is 14.0. The monoisotopic (exact) mass is 398 g/mol. The maximum absolute atomic E-state index is 12.9. The van der Waals surface area contributed by atoms with Crippen LogP contribution < -0.4 is 16.4 Å². The minimum absolute atomic E-state index is 0.133. The van der Waals surface area contributed by atoms with E-state index in [9.17, 15) is 14.4 Å². The molecule has 1 saturated carbocycles. The molecule has 2 saturated heterocycles. The van der Waals surface area contributed by atoms with Crippen LogP contribution in [0.2, 0.25) is 0 Å². The van der Waals surface area contributed by atoms with Crippen LogP contribution in [0.1, 0.15) is 47.2 Å². The van der Waals surface area contributed by atoms with Gasteiger partial charge in [-0.2, -0.15) is 0 Å². The van der Waals surface area contributed by atoms with Gasteiger partial charge in [0.1, 0.15) is 6.04 Å². The largest absolute Gasteiger partial charge is 0.373 e. The zero-order valence-corrected chi connectivity index (χ0v) is 16.3. The number of imide groups is 1. The Hall–Kier alpha value is -2.29. The smallest absolute Gasteiger partial charge is 0.255 e. The van der Waals surface area contributed by atoms with Gasteiger partial charge in [-0.3, -0.25) is 19.7 Å². The first kappa shape index (κ1) is 18.7. The van der Waals surface area contributed by atoms with E-state index in [1.807, 2.05) is 18.2 Å². The number of fused-ring (bicyclic) bond motifs is 3. The van der Waals surface area contributed by atoms with Crippen LogP contribution in [0.15, 0.2) is 18.2 Å². The second kappa shape index (κ2) is 6.90. The maximum Gasteiger partial charge on any atom is 0.255 e. The summed E-state index contributed by atoms with van der Waals surface area (Å²) in [6.07, 6.45) is 2.60. The van der Waals surface area contributed by atoms with Crippen LogP contribution in [0.3, 0.4) is 0 Å². The Morgan fingerprint density at radius 2 is 2.14 bits per heavy atom.